The second-order valence-corrected chi connectivity index (χ2v) is 10.9. The number of hydrogen-bond acceptors (Lipinski definition) is 4. The van der Waals surface area contributed by atoms with Crippen LogP contribution in [0.15, 0.2) is 60.8 Å². The van der Waals surface area contributed by atoms with Crippen molar-refractivity contribution in [3.8, 4) is 0 Å². The average molecular weight is 499 g/mol. The number of amides is 2. The monoisotopic (exact) mass is 498 g/mol. The van der Waals surface area contributed by atoms with E-state index >= 15 is 4.39 Å². The molecule has 0 aliphatic carbocycles. The highest BCUT2D eigenvalue weighted by atomic mass is 32.1. The molecule has 0 radical (unpaired) electrons. The van der Waals surface area contributed by atoms with Gasteiger partial charge in [-0.1, -0.05) is 24.3 Å². The maximum Gasteiger partial charge on any atom is 0.321 e. The number of para-hydroxylation sites is 1. The first-order valence-electron chi connectivity index (χ1n) is 11.9. The molecule has 0 saturated carbocycles. The zero-order chi connectivity index (χ0) is 25.1. The summed E-state index contributed by atoms with van der Waals surface area (Å²) in [5.41, 5.74) is 1.44. The molecule has 1 saturated heterocycles. The summed E-state index contributed by atoms with van der Waals surface area (Å²) in [5.74, 6) is 0. The standard InChI is InChI=1S/C27H32F2N4OS/c1-19-9-10-20(17-30-19)26(2,3)33-16-15-27(18-33,14-13-22-11-12-23(28)35-22)24(29)32-25(34)31-21-7-5-4-6-8-21/h4-12,17,24H,13-16,18H2,1-3H3,(H2,31,32,34)/t24-,27?/m0/s1. The van der Waals surface area contributed by atoms with E-state index in [1.165, 1.54) is 6.07 Å². The van der Waals surface area contributed by atoms with Crippen LogP contribution in [0.4, 0.5) is 19.3 Å². The summed E-state index contributed by atoms with van der Waals surface area (Å²) in [6.07, 6.45) is 1.95. The molecular weight excluding hydrogens is 466 g/mol. The fourth-order valence-electron chi connectivity index (χ4n) is 4.74. The first-order chi connectivity index (χ1) is 16.7. The second-order valence-electron chi connectivity index (χ2n) is 9.81. The Morgan fingerprint density at radius 1 is 1.20 bits per heavy atom. The molecule has 3 heterocycles. The Balaban J connectivity index is 1.52. The lowest BCUT2D eigenvalue weighted by atomic mass is 9.80. The number of carbonyl (C=O) groups excluding carboxylic acids is 1. The third kappa shape index (κ3) is 5.87. The Kier molecular flexibility index (Phi) is 7.52. The minimum Gasteiger partial charge on any atom is -0.308 e. The van der Waals surface area contributed by atoms with Gasteiger partial charge in [0.15, 0.2) is 11.4 Å². The van der Waals surface area contributed by atoms with E-state index in [1.807, 2.05) is 25.3 Å². The Morgan fingerprint density at radius 3 is 2.63 bits per heavy atom. The maximum atomic E-state index is 16.0. The van der Waals surface area contributed by atoms with Crippen molar-refractivity contribution < 1.29 is 13.6 Å². The van der Waals surface area contributed by atoms with Crippen molar-refractivity contribution in [1.29, 1.82) is 0 Å². The lowest BCUT2D eigenvalue weighted by Crippen LogP contribution is -2.50. The topological polar surface area (TPSA) is 57.3 Å². The van der Waals surface area contributed by atoms with Gasteiger partial charge in [0.1, 0.15) is 0 Å². The first kappa shape index (κ1) is 25.3. The average Bonchev–Trinajstić information content (AvgIpc) is 3.46. The van der Waals surface area contributed by atoms with E-state index in [0.29, 0.717) is 38.0 Å². The lowest BCUT2D eigenvalue weighted by Gasteiger charge is -2.39. The number of aryl methyl sites for hydroxylation is 2. The lowest BCUT2D eigenvalue weighted by molar-refractivity contribution is 0.0595. The number of anilines is 1. The largest absolute Gasteiger partial charge is 0.321 e. The third-order valence-corrected chi connectivity index (χ3v) is 8.05. The van der Waals surface area contributed by atoms with Crippen molar-refractivity contribution in [3.63, 3.8) is 0 Å². The molecule has 186 valence electrons. The maximum absolute atomic E-state index is 16.0. The van der Waals surface area contributed by atoms with Gasteiger partial charge in [0.2, 0.25) is 0 Å². The number of thiophene rings is 1. The Labute approximate surface area is 209 Å². The number of halogens is 2. The summed E-state index contributed by atoms with van der Waals surface area (Å²) in [6.45, 7) is 7.33. The molecule has 1 aromatic carbocycles. The van der Waals surface area contributed by atoms with E-state index in [4.69, 9.17) is 0 Å². The minimum absolute atomic E-state index is 0.243. The van der Waals surface area contributed by atoms with Crippen molar-refractivity contribution in [2.45, 2.75) is 51.9 Å². The van der Waals surface area contributed by atoms with Crippen molar-refractivity contribution in [2.24, 2.45) is 5.41 Å². The van der Waals surface area contributed by atoms with Gasteiger partial charge in [-0.25, -0.2) is 9.18 Å². The summed E-state index contributed by atoms with van der Waals surface area (Å²) in [4.78, 5) is 20.2. The summed E-state index contributed by atoms with van der Waals surface area (Å²) in [6, 6.07) is 15.6. The smallest absolute Gasteiger partial charge is 0.308 e. The van der Waals surface area contributed by atoms with Crippen molar-refractivity contribution in [2.75, 3.05) is 18.4 Å². The fourth-order valence-corrected chi connectivity index (χ4v) is 5.46. The molecule has 2 aromatic heterocycles. The Morgan fingerprint density at radius 2 is 1.97 bits per heavy atom. The zero-order valence-corrected chi connectivity index (χ0v) is 21.2. The number of rotatable bonds is 8. The van der Waals surface area contributed by atoms with Crippen molar-refractivity contribution in [1.82, 2.24) is 15.2 Å². The van der Waals surface area contributed by atoms with Crippen LogP contribution in [-0.4, -0.2) is 35.3 Å². The number of nitrogens with one attached hydrogen (secondary N) is 2. The number of alkyl halides is 1. The highest BCUT2D eigenvalue weighted by molar-refractivity contribution is 7.10. The van der Waals surface area contributed by atoms with Gasteiger partial charge in [-0.3, -0.25) is 9.88 Å². The second kappa shape index (κ2) is 10.4. The molecule has 2 atom stereocenters. The molecule has 1 aliphatic rings. The molecule has 1 unspecified atom stereocenters. The molecule has 2 N–H and O–H groups in total. The van der Waals surface area contributed by atoms with Crippen LogP contribution in [0.3, 0.4) is 0 Å². The van der Waals surface area contributed by atoms with Gasteiger partial charge in [-0.15, -0.1) is 11.3 Å². The summed E-state index contributed by atoms with van der Waals surface area (Å²) >= 11 is 1.09. The molecule has 1 aliphatic heterocycles. The number of likely N-dealkylation sites (tertiary alicyclic amines) is 1. The number of urea groups is 1. The number of pyridine rings is 1. The highest BCUT2D eigenvalue weighted by Gasteiger charge is 2.49. The molecule has 5 nitrogen and oxygen atoms in total. The SMILES string of the molecule is Cc1ccc(C(C)(C)N2CCC(CCc3ccc(F)s3)([C@@H](F)NC(=O)Nc3ccccc3)C2)cn1. The predicted molar refractivity (Wildman–Crippen MR) is 137 cm³/mol. The zero-order valence-electron chi connectivity index (χ0n) is 20.4. The van der Waals surface area contributed by atoms with E-state index < -0.39 is 17.7 Å². The number of carbonyl (C=O) groups is 1. The Bertz CT molecular complexity index is 1140. The number of nitrogens with zero attached hydrogens (tertiary/aromatic N) is 2. The van der Waals surface area contributed by atoms with Gasteiger partial charge in [0.05, 0.1) is 0 Å². The molecule has 0 spiro atoms. The molecule has 35 heavy (non-hydrogen) atoms. The third-order valence-electron chi connectivity index (χ3n) is 7.12. The molecule has 3 aromatic rings. The molecule has 1 fully saturated rings. The van der Waals surface area contributed by atoms with Crippen LogP contribution in [0.1, 0.15) is 42.8 Å². The van der Waals surface area contributed by atoms with Crippen LogP contribution in [0.2, 0.25) is 0 Å². The van der Waals surface area contributed by atoms with Crippen molar-refractivity contribution >= 4 is 23.1 Å². The van der Waals surface area contributed by atoms with Gasteiger partial charge in [0.25, 0.3) is 0 Å². The van der Waals surface area contributed by atoms with Crippen LogP contribution >= 0.6 is 11.3 Å². The van der Waals surface area contributed by atoms with Gasteiger partial charge in [-0.05, 0) is 82.5 Å². The fraction of sp³-hybridized carbons (Fsp3) is 0.407. The van der Waals surface area contributed by atoms with Gasteiger partial charge < -0.3 is 10.6 Å². The molecule has 2 amide bonds. The highest BCUT2D eigenvalue weighted by Crippen LogP contribution is 2.44. The van der Waals surface area contributed by atoms with E-state index in [1.54, 1.807) is 30.3 Å². The van der Waals surface area contributed by atoms with Crippen LogP contribution in [0.5, 0.6) is 0 Å². The van der Waals surface area contributed by atoms with Gasteiger partial charge >= 0.3 is 6.03 Å². The number of aromatic nitrogens is 1. The van der Waals surface area contributed by atoms with E-state index in [2.05, 4.69) is 40.4 Å². The number of hydrogen-bond donors (Lipinski definition) is 2. The van der Waals surface area contributed by atoms with Crippen LogP contribution in [0, 0.1) is 17.5 Å². The summed E-state index contributed by atoms with van der Waals surface area (Å²) < 4.78 is 29.5. The molecular formula is C27H32F2N4OS. The van der Waals surface area contributed by atoms with Crippen LogP contribution in [-0.2, 0) is 12.0 Å². The Hall–Kier alpha value is -2.84. The molecule has 8 heteroatoms. The first-order valence-corrected chi connectivity index (χ1v) is 12.7. The van der Waals surface area contributed by atoms with Crippen LogP contribution < -0.4 is 10.6 Å². The molecule has 0 bridgehead atoms. The number of benzene rings is 1. The van der Waals surface area contributed by atoms with Crippen molar-refractivity contribution in [3.05, 3.63) is 82.1 Å². The van der Waals surface area contributed by atoms with E-state index in [0.717, 1.165) is 27.5 Å². The van der Waals surface area contributed by atoms with E-state index in [-0.39, 0.29) is 10.7 Å². The molecule has 4 rings (SSSR count). The quantitative estimate of drug-likeness (QED) is 0.360. The van der Waals surface area contributed by atoms with Gasteiger partial charge in [0, 0.05) is 40.0 Å². The predicted octanol–water partition coefficient (Wildman–Crippen LogP) is 6.27. The summed E-state index contributed by atoms with van der Waals surface area (Å²) in [5, 5.41) is 5.01. The van der Waals surface area contributed by atoms with Gasteiger partial charge in [-0.2, -0.15) is 4.39 Å². The van der Waals surface area contributed by atoms with E-state index in [9.17, 15) is 9.18 Å². The normalized spacial score (nSPS) is 19.5. The summed E-state index contributed by atoms with van der Waals surface area (Å²) in [7, 11) is 0. The minimum atomic E-state index is -1.56. The van der Waals surface area contributed by atoms with Crippen LogP contribution in [0.25, 0.3) is 0 Å².